The Morgan fingerprint density at radius 2 is 1.87 bits per heavy atom. The zero-order chi connectivity index (χ0) is 22.0. The van der Waals surface area contributed by atoms with Crippen molar-refractivity contribution in [3.8, 4) is 0 Å². The molecule has 7 heteroatoms. The molecule has 1 fully saturated rings. The zero-order valence-corrected chi connectivity index (χ0v) is 18.3. The minimum absolute atomic E-state index is 0.0646. The Balaban J connectivity index is 1.35. The van der Waals surface area contributed by atoms with Crippen LogP contribution in [0.25, 0.3) is 0 Å². The van der Waals surface area contributed by atoms with Gasteiger partial charge >= 0.3 is 0 Å². The highest BCUT2D eigenvalue weighted by Gasteiger charge is 2.24. The summed E-state index contributed by atoms with van der Waals surface area (Å²) < 4.78 is 20.5. The van der Waals surface area contributed by atoms with Crippen LogP contribution in [0.15, 0.2) is 47.6 Å². The molecule has 2 aromatic rings. The summed E-state index contributed by atoms with van der Waals surface area (Å²) in [6.45, 7) is 8.46. The van der Waals surface area contributed by atoms with Gasteiger partial charge in [0.05, 0.1) is 23.6 Å². The molecule has 31 heavy (non-hydrogen) atoms. The molecule has 2 aliphatic rings. The lowest BCUT2D eigenvalue weighted by Gasteiger charge is -2.37. The Kier molecular flexibility index (Phi) is 6.23. The van der Waals surface area contributed by atoms with Gasteiger partial charge in [0.1, 0.15) is 5.82 Å². The molecule has 4 rings (SSSR count). The van der Waals surface area contributed by atoms with Gasteiger partial charge in [0, 0.05) is 43.9 Å². The fourth-order valence-electron chi connectivity index (χ4n) is 4.12. The second-order valence-electron chi connectivity index (χ2n) is 8.39. The number of nitrogens with zero attached hydrogens (tertiary/aromatic N) is 3. The third-order valence-electron chi connectivity index (χ3n) is 5.63. The third kappa shape index (κ3) is 5.05. The van der Waals surface area contributed by atoms with E-state index in [2.05, 4.69) is 10.4 Å². The van der Waals surface area contributed by atoms with Crippen LogP contribution in [0.2, 0.25) is 0 Å². The van der Waals surface area contributed by atoms with Crippen LogP contribution >= 0.6 is 0 Å². The van der Waals surface area contributed by atoms with Crippen molar-refractivity contribution >= 4 is 23.0 Å². The van der Waals surface area contributed by atoms with Crippen molar-refractivity contribution in [3.05, 3.63) is 59.4 Å². The molecular weight excluding hydrogens is 395 g/mol. The maximum absolute atomic E-state index is 14.7. The summed E-state index contributed by atoms with van der Waals surface area (Å²) in [7, 11) is 0. The van der Waals surface area contributed by atoms with Gasteiger partial charge in [0.15, 0.2) is 0 Å². The molecule has 1 amide bonds. The molecule has 0 radical (unpaired) electrons. The van der Waals surface area contributed by atoms with E-state index in [0.29, 0.717) is 24.3 Å². The van der Waals surface area contributed by atoms with Crippen molar-refractivity contribution in [1.82, 2.24) is 5.32 Å². The van der Waals surface area contributed by atoms with Gasteiger partial charge in [0.2, 0.25) is 0 Å². The van der Waals surface area contributed by atoms with Gasteiger partial charge in [-0.25, -0.2) is 4.39 Å². The molecule has 0 aliphatic carbocycles. The largest absolute Gasteiger partial charge is 0.372 e. The molecule has 2 aliphatic heterocycles. The van der Waals surface area contributed by atoms with Crippen molar-refractivity contribution in [2.24, 2.45) is 5.10 Å². The summed E-state index contributed by atoms with van der Waals surface area (Å²) in [5.41, 5.74) is 3.95. The van der Waals surface area contributed by atoms with E-state index in [9.17, 15) is 9.18 Å². The SMILES string of the molecule is CC1=NN(c2ccc(C(=O)NCc3ccc(N4C[C@H](C)O[C@@H](C)C4)c(F)c3)cc2)CC1. The number of rotatable bonds is 5. The molecule has 164 valence electrons. The highest BCUT2D eigenvalue weighted by Crippen LogP contribution is 2.25. The maximum Gasteiger partial charge on any atom is 0.251 e. The molecular formula is C24H29FN4O2. The minimum Gasteiger partial charge on any atom is -0.372 e. The van der Waals surface area contributed by atoms with Gasteiger partial charge < -0.3 is 15.0 Å². The standard InChI is InChI=1S/C24H29FN4O2/c1-16-10-11-29(27-16)21-7-5-20(6-8-21)24(30)26-13-19-4-9-23(22(25)12-19)28-14-17(2)31-18(3)15-28/h4-9,12,17-18H,10-11,13-15H2,1-3H3,(H,26,30)/t17-,18-/m0/s1. The lowest BCUT2D eigenvalue weighted by Crippen LogP contribution is -2.45. The molecule has 6 nitrogen and oxygen atoms in total. The van der Waals surface area contributed by atoms with Gasteiger partial charge in [-0.3, -0.25) is 9.80 Å². The van der Waals surface area contributed by atoms with Crippen molar-refractivity contribution in [1.29, 1.82) is 0 Å². The predicted molar refractivity (Wildman–Crippen MR) is 121 cm³/mol. The Labute approximate surface area is 182 Å². The van der Waals surface area contributed by atoms with Crippen LogP contribution in [0.1, 0.15) is 43.1 Å². The third-order valence-corrected chi connectivity index (χ3v) is 5.63. The second kappa shape index (κ2) is 9.06. The molecule has 2 aromatic carbocycles. The summed E-state index contributed by atoms with van der Waals surface area (Å²) in [4.78, 5) is 14.5. The highest BCUT2D eigenvalue weighted by atomic mass is 19.1. The van der Waals surface area contributed by atoms with E-state index in [4.69, 9.17) is 4.74 Å². The number of carbonyl (C=O) groups excluding carboxylic acids is 1. The number of hydrogen-bond acceptors (Lipinski definition) is 5. The number of hydrazone groups is 1. The topological polar surface area (TPSA) is 57.2 Å². The van der Waals surface area contributed by atoms with Crippen molar-refractivity contribution < 1.29 is 13.9 Å². The van der Waals surface area contributed by atoms with Crippen LogP contribution in [0.5, 0.6) is 0 Å². The average molecular weight is 425 g/mol. The number of morpholine rings is 1. The van der Waals surface area contributed by atoms with Crippen molar-refractivity contribution in [2.75, 3.05) is 29.5 Å². The second-order valence-corrected chi connectivity index (χ2v) is 8.39. The first-order valence-corrected chi connectivity index (χ1v) is 10.8. The number of carbonyl (C=O) groups is 1. The van der Waals surface area contributed by atoms with Gasteiger partial charge in [-0.05, 0) is 62.7 Å². The quantitative estimate of drug-likeness (QED) is 0.790. The smallest absolute Gasteiger partial charge is 0.251 e. The van der Waals surface area contributed by atoms with Crippen LogP contribution in [-0.2, 0) is 11.3 Å². The first-order chi connectivity index (χ1) is 14.9. The van der Waals surface area contributed by atoms with E-state index in [0.717, 1.165) is 29.9 Å². The molecule has 0 saturated carbocycles. The van der Waals surface area contributed by atoms with Crippen LogP contribution in [0.4, 0.5) is 15.8 Å². The normalized spacial score (nSPS) is 21.2. The number of amides is 1. The summed E-state index contributed by atoms with van der Waals surface area (Å²) in [5.74, 6) is -0.466. The molecule has 2 heterocycles. The molecule has 0 aromatic heterocycles. The zero-order valence-electron chi connectivity index (χ0n) is 18.3. The Morgan fingerprint density at radius 3 is 2.48 bits per heavy atom. The van der Waals surface area contributed by atoms with Crippen LogP contribution in [0.3, 0.4) is 0 Å². The van der Waals surface area contributed by atoms with Gasteiger partial charge in [-0.15, -0.1) is 0 Å². The Morgan fingerprint density at radius 1 is 1.16 bits per heavy atom. The first-order valence-electron chi connectivity index (χ1n) is 10.8. The lowest BCUT2D eigenvalue weighted by molar-refractivity contribution is -0.00539. The minimum atomic E-state index is -0.279. The van der Waals surface area contributed by atoms with Crippen LogP contribution < -0.4 is 15.2 Å². The summed E-state index contributed by atoms with van der Waals surface area (Å²) in [6, 6.07) is 12.5. The number of ether oxygens (including phenoxy) is 1. The molecule has 0 bridgehead atoms. The Hall–Kier alpha value is -2.93. The average Bonchev–Trinajstić information content (AvgIpc) is 3.18. The molecule has 1 N–H and O–H groups in total. The lowest BCUT2D eigenvalue weighted by atomic mass is 10.1. The molecule has 1 saturated heterocycles. The number of hydrogen-bond donors (Lipinski definition) is 1. The van der Waals surface area contributed by atoms with Crippen LogP contribution in [0, 0.1) is 5.82 Å². The number of benzene rings is 2. The van der Waals surface area contributed by atoms with Crippen molar-refractivity contribution in [3.63, 3.8) is 0 Å². The van der Waals surface area contributed by atoms with Gasteiger partial charge in [-0.1, -0.05) is 6.07 Å². The van der Waals surface area contributed by atoms with Gasteiger partial charge in [-0.2, -0.15) is 5.10 Å². The van der Waals surface area contributed by atoms with Crippen LogP contribution in [-0.4, -0.2) is 43.5 Å². The fraction of sp³-hybridized carbons (Fsp3) is 0.417. The molecule has 0 spiro atoms. The van der Waals surface area contributed by atoms with E-state index in [-0.39, 0.29) is 30.5 Å². The monoisotopic (exact) mass is 424 g/mol. The van der Waals surface area contributed by atoms with Gasteiger partial charge in [0.25, 0.3) is 5.91 Å². The predicted octanol–water partition coefficient (Wildman–Crippen LogP) is 3.96. The molecule has 0 unspecified atom stereocenters. The first kappa shape index (κ1) is 21.3. The van der Waals surface area contributed by atoms with E-state index in [1.54, 1.807) is 18.2 Å². The Bertz CT molecular complexity index is 966. The summed E-state index contributed by atoms with van der Waals surface area (Å²) >= 11 is 0. The van der Waals surface area contributed by atoms with E-state index < -0.39 is 0 Å². The summed E-state index contributed by atoms with van der Waals surface area (Å²) in [6.07, 6.45) is 1.09. The number of nitrogens with one attached hydrogen (secondary N) is 1. The number of anilines is 2. The summed E-state index contributed by atoms with van der Waals surface area (Å²) in [5, 5.41) is 9.28. The fourth-order valence-corrected chi connectivity index (χ4v) is 4.12. The van der Waals surface area contributed by atoms with Crippen molar-refractivity contribution in [2.45, 2.75) is 45.9 Å². The molecule has 2 atom stereocenters. The highest BCUT2D eigenvalue weighted by molar-refractivity contribution is 5.94. The van der Waals surface area contributed by atoms with E-state index >= 15 is 0 Å². The maximum atomic E-state index is 14.7. The number of halogens is 1. The van der Waals surface area contributed by atoms with E-state index in [1.807, 2.05) is 48.9 Å². The van der Waals surface area contributed by atoms with E-state index in [1.165, 1.54) is 6.07 Å².